The molecule has 7 nitrogen and oxygen atoms in total. The van der Waals surface area contributed by atoms with Crippen LogP contribution in [0.4, 0.5) is 5.95 Å². The summed E-state index contributed by atoms with van der Waals surface area (Å²) < 4.78 is 5.71. The van der Waals surface area contributed by atoms with Crippen LogP contribution in [0.25, 0.3) is 17.0 Å². The summed E-state index contributed by atoms with van der Waals surface area (Å²) in [6.45, 7) is 2.42. The second kappa shape index (κ2) is 8.63. The van der Waals surface area contributed by atoms with Gasteiger partial charge in [-0.1, -0.05) is 36.4 Å². The van der Waals surface area contributed by atoms with Gasteiger partial charge in [0.05, 0.1) is 22.4 Å². The second-order valence-electron chi connectivity index (χ2n) is 7.65. The number of carbonyl (C=O) groups excluding carboxylic acids is 1. The number of anilines is 1. The Labute approximate surface area is 190 Å². The van der Waals surface area contributed by atoms with Gasteiger partial charge in [0.15, 0.2) is 5.17 Å². The van der Waals surface area contributed by atoms with Crippen molar-refractivity contribution in [1.29, 1.82) is 0 Å². The molecule has 2 aromatic carbocycles. The van der Waals surface area contributed by atoms with Crippen molar-refractivity contribution in [1.82, 2.24) is 15.3 Å². The van der Waals surface area contributed by atoms with Gasteiger partial charge in [0.25, 0.3) is 5.91 Å². The summed E-state index contributed by atoms with van der Waals surface area (Å²) in [5, 5.41) is 7.84. The van der Waals surface area contributed by atoms with Crippen LogP contribution in [-0.4, -0.2) is 40.7 Å². The minimum absolute atomic E-state index is 0.221. The first kappa shape index (κ1) is 20.5. The average molecular weight is 446 g/mol. The Balaban J connectivity index is 1.32. The summed E-state index contributed by atoms with van der Waals surface area (Å²) in [5.74, 6) is 1.28. The summed E-state index contributed by atoms with van der Waals surface area (Å²) in [5.41, 5.74) is 2.97. The van der Waals surface area contributed by atoms with Gasteiger partial charge >= 0.3 is 0 Å². The molecule has 0 unspecified atom stereocenters. The van der Waals surface area contributed by atoms with Gasteiger partial charge in [-0.25, -0.2) is 4.98 Å². The van der Waals surface area contributed by atoms with E-state index >= 15 is 0 Å². The molecule has 1 amide bonds. The van der Waals surface area contributed by atoms with Crippen molar-refractivity contribution >= 4 is 45.8 Å². The second-order valence-corrected chi connectivity index (χ2v) is 8.68. The number of fused-ring (bicyclic) bond motifs is 1. The topological polar surface area (TPSA) is 88.5 Å². The molecule has 162 valence electrons. The van der Waals surface area contributed by atoms with Gasteiger partial charge in [-0.05, 0) is 54.4 Å². The van der Waals surface area contributed by atoms with Gasteiger partial charge in [-0.15, -0.1) is 0 Å². The summed E-state index contributed by atoms with van der Waals surface area (Å²) in [4.78, 5) is 26.2. The maximum Gasteiger partial charge on any atom is 0.286 e. The smallest absolute Gasteiger partial charge is 0.286 e. The van der Waals surface area contributed by atoms with Crippen LogP contribution in [0.15, 0.2) is 58.4 Å². The highest BCUT2D eigenvalue weighted by Crippen LogP contribution is 2.42. The molecule has 2 aliphatic rings. The standard InChI is InChI=1S/C24H23N5O2S/c1-3-31-22-17-11-14(9-10-18(17)26-23(25-2)29-22)12-20-21(30)28-24(32-20)27-19-13-16(19)15-7-5-4-6-8-15/h4-12,16,19H,3,13H2,1-2H3,(H,25,26,29)(H,27,28,30)/b20-12-/t16-,19+/m0/s1. The minimum Gasteiger partial charge on any atom is -0.477 e. The lowest BCUT2D eigenvalue weighted by Crippen LogP contribution is -2.22. The molecule has 32 heavy (non-hydrogen) atoms. The zero-order chi connectivity index (χ0) is 22.1. The van der Waals surface area contributed by atoms with Gasteiger partial charge in [0, 0.05) is 19.0 Å². The molecule has 0 bridgehead atoms. The molecular formula is C24H23N5O2S. The number of hydrogen-bond donors (Lipinski definition) is 2. The Morgan fingerprint density at radius 3 is 2.81 bits per heavy atom. The zero-order valence-electron chi connectivity index (χ0n) is 17.8. The van der Waals surface area contributed by atoms with E-state index in [1.165, 1.54) is 17.3 Å². The molecule has 1 saturated carbocycles. The highest BCUT2D eigenvalue weighted by atomic mass is 32.2. The Morgan fingerprint density at radius 2 is 2.03 bits per heavy atom. The summed E-state index contributed by atoms with van der Waals surface area (Å²) in [6.07, 6.45) is 2.91. The van der Waals surface area contributed by atoms with Crippen LogP contribution in [0.5, 0.6) is 5.88 Å². The van der Waals surface area contributed by atoms with E-state index in [9.17, 15) is 4.79 Å². The minimum atomic E-state index is -0.221. The first-order chi connectivity index (χ1) is 15.6. The molecule has 0 radical (unpaired) electrons. The number of nitrogens with one attached hydrogen (secondary N) is 2. The van der Waals surface area contributed by atoms with Crippen molar-refractivity contribution in [3.63, 3.8) is 0 Å². The van der Waals surface area contributed by atoms with E-state index in [0.29, 0.717) is 40.5 Å². The Hall–Kier alpha value is -3.39. The molecular weight excluding hydrogens is 422 g/mol. The van der Waals surface area contributed by atoms with Crippen molar-refractivity contribution in [2.24, 2.45) is 4.99 Å². The number of ether oxygens (including phenoxy) is 1. The van der Waals surface area contributed by atoms with E-state index in [1.807, 2.05) is 37.3 Å². The zero-order valence-corrected chi connectivity index (χ0v) is 18.6. The Kier molecular flexibility index (Phi) is 5.53. The van der Waals surface area contributed by atoms with Crippen LogP contribution < -0.4 is 15.4 Å². The molecule has 8 heteroatoms. The number of aromatic nitrogens is 2. The largest absolute Gasteiger partial charge is 0.477 e. The molecule has 3 aromatic rings. The first-order valence-electron chi connectivity index (χ1n) is 10.6. The van der Waals surface area contributed by atoms with E-state index < -0.39 is 0 Å². The monoisotopic (exact) mass is 445 g/mol. The van der Waals surface area contributed by atoms with Crippen molar-refractivity contribution in [2.75, 3.05) is 19.0 Å². The number of thioether (sulfide) groups is 1. The average Bonchev–Trinajstić information content (AvgIpc) is 3.49. The van der Waals surface area contributed by atoms with Gasteiger partial charge < -0.3 is 15.4 Å². The number of aliphatic imine (C=N–C) groups is 1. The van der Waals surface area contributed by atoms with Crippen LogP contribution in [-0.2, 0) is 4.79 Å². The van der Waals surface area contributed by atoms with Gasteiger partial charge in [-0.3, -0.25) is 4.79 Å². The van der Waals surface area contributed by atoms with Crippen LogP contribution in [0.3, 0.4) is 0 Å². The fraction of sp³-hybridized carbons (Fsp3) is 0.250. The quantitative estimate of drug-likeness (QED) is 0.550. The maximum atomic E-state index is 12.5. The lowest BCUT2D eigenvalue weighted by Gasteiger charge is -2.09. The lowest BCUT2D eigenvalue weighted by molar-refractivity contribution is -0.113. The Bertz CT molecular complexity index is 1240. The third-order valence-electron chi connectivity index (χ3n) is 5.43. The third kappa shape index (κ3) is 4.18. The normalized spacial score (nSPS) is 21.0. The maximum absolute atomic E-state index is 12.5. The molecule has 1 aromatic heterocycles. The highest BCUT2D eigenvalue weighted by Gasteiger charge is 2.40. The number of amides is 1. The number of benzene rings is 2. The molecule has 1 aliphatic carbocycles. The van der Waals surface area contributed by atoms with E-state index in [4.69, 9.17) is 4.74 Å². The van der Waals surface area contributed by atoms with Crippen LogP contribution in [0.1, 0.15) is 30.4 Å². The van der Waals surface area contributed by atoms with Gasteiger partial charge in [0.1, 0.15) is 0 Å². The van der Waals surface area contributed by atoms with Crippen molar-refractivity contribution in [3.8, 4) is 5.88 Å². The van der Waals surface area contributed by atoms with Gasteiger partial charge in [0.2, 0.25) is 11.8 Å². The fourth-order valence-electron chi connectivity index (χ4n) is 3.77. The van der Waals surface area contributed by atoms with Crippen molar-refractivity contribution < 1.29 is 9.53 Å². The van der Waals surface area contributed by atoms with Crippen molar-refractivity contribution in [2.45, 2.75) is 25.3 Å². The SMILES string of the molecule is CCOc1nc(NC)nc2ccc(/C=C3\SC(N[C@@H]4C[C@H]4c4ccccc4)=NC3=O)cc12. The van der Waals surface area contributed by atoms with E-state index in [-0.39, 0.29) is 5.91 Å². The molecule has 2 heterocycles. The van der Waals surface area contributed by atoms with Crippen LogP contribution in [0, 0.1) is 0 Å². The fourth-order valence-corrected chi connectivity index (χ4v) is 4.65. The Morgan fingerprint density at radius 1 is 1.19 bits per heavy atom. The predicted octanol–water partition coefficient (Wildman–Crippen LogP) is 4.19. The summed E-state index contributed by atoms with van der Waals surface area (Å²) in [6, 6.07) is 16.5. The molecule has 1 aliphatic heterocycles. The third-order valence-corrected chi connectivity index (χ3v) is 6.35. The lowest BCUT2D eigenvalue weighted by atomic mass is 10.1. The number of carbonyl (C=O) groups is 1. The number of nitrogens with zero attached hydrogens (tertiary/aromatic N) is 3. The number of hydrogen-bond acceptors (Lipinski definition) is 7. The van der Waals surface area contributed by atoms with E-state index in [0.717, 1.165) is 22.9 Å². The molecule has 0 saturated heterocycles. The van der Waals surface area contributed by atoms with E-state index in [2.05, 4.69) is 49.9 Å². The molecule has 1 fully saturated rings. The predicted molar refractivity (Wildman–Crippen MR) is 129 cm³/mol. The molecule has 2 atom stereocenters. The molecule has 5 rings (SSSR count). The van der Waals surface area contributed by atoms with Crippen molar-refractivity contribution in [3.05, 3.63) is 64.6 Å². The molecule has 0 spiro atoms. The summed E-state index contributed by atoms with van der Waals surface area (Å²) in [7, 11) is 1.77. The first-order valence-corrected chi connectivity index (χ1v) is 11.4. The van der Waals surface area contributed by atoms with Gasteiger partial charge in [-0.2, -0.15) is 9.98 Å². The molecule has 2 N–H and O–H groups in total. The summed E-state index contributed by atoms with van der Waals surface area (Å²) >= 11 is 1.38. The number of amidine groups is 1. The number of rotatable bonds is 6. The van der Waals surface area contributed by atoms with E-state index in [1.54, 1.807) is 7.05 Å². The highest BCUT2D eigenvalue weighted by molar-refractivity contribution is 8.18. The van der Waals surface area contributed by atoms with Crippen LogP contribution in [0.2, 0.25) is 0 Å². The van der Waals surface area contributed by atoms with Crippen LogP contribution >= 0.6 is 11.8 Å².